The number of pyridine rings is 1. The van der Waals surface area contributed by atoms with Crippen LogP contribution in [-0.4, -0.2) is 67.5 Å². The van der Waals surface area contributed by atoms with Gasteiger partial charge in [0.2, 0.25) is 20.6 Å². The summed E-state index contributed by atoms with van der Waals surface area (Å²) in [7, 11) is -1.88. The van der Waals surface area contributed by atoms with E-state index in [0.29, 0.717) is 54.3 Å². The van der Waals surface area contributed by atoms with Crippen LogP contribution in [0.3, 0.4) is 0 Å². The van der Waals surface area contributed by atoms with Gasteiger partial charge in [-0.05, 0) is 36.5 Å². The number of rotatable bonds is 4. The molecule has 0 atom stereocenters. The van der Waals surface area contributed by atoms with Crippen LogP contribution in [0, 0.1) is 4.77 Å². The Kier molecular flexibility index (Phi) is 5.16. The fraction of sp³-hybridized carbons (Fsp3) is 0.300. The normalized spacial score (nSPS) is 16.2. The molecule has 4 heterocycles. The maximum Gasteiger partial charge on any atom is 0.262 e. The Morgan fingerprint density at radius 1 is 1.06 bits per heavy atom. The van der Waals surface area contributed by atoms with Crippen molar-refractivity contribution in [1.82, 2.24) is 32.9 Å². The van der Waals surface area contributed by atoms with Crippen LogP contribution >= 0.6 is 12.2 Å². The molecule has 166 valence electrons. The van der Waals surface area contributed by atoms with Gasteiger partial charge in [-0.1, -0.05) is 12.1 Å². The summed E-state index contributed by atoms with van der Waals surface area (Å²) in [5.74, 6) is 0.469. The van der Waals surface area contributed by atoms with E-state index < -0.39 is 10.0 Å². The van der Waals surface area contributed by atoms with E-state index in [4.69, 9.17) is 12.2 Å². The minimum atomic E-state index is -3.56. The van der Waals surface area contributed by atoms with Gasteiger partial charge in [0.25, 0.3) is 5.56 Å². The van der Waals surface area contributed by atoms with Crippen molar-refractivity contribution in [2.75, 3.05) is 26.2 Å². The fourth-order valence-corrected chi connectivity index (χ4v) is 5.65. The first-order chi connectivity index (χ1) is 15.4. The summed E-state index contributed by atoms with van der Waals surface area (Å²) in [6, 6.07) is 10.5. The first-order valence-corrected chi connectivity index (χ1v) is 11.9. The van der Waals surface area contributed by atoms with Crippen LogP contribution in [0.5, 0.6) is 0 Å². The van der Waals surface area contributed by atoms with Crippen LogP contribution in [-0.2, 0) is 23.7 Å². The van der Waals surface area contributed by atoms with Crippen molar-refractivity contribution in [3.8, 4) is 0 Å². The summed E-state index contributed by atoms with van der Waals surface area (Å²) in [4.78, 5) is 18.9. The molecule has 5 rings (SSSR count). The van der Waals surface area contributed by atoms with Gasteiger partial charge in [0.15, 0.2) is 0 Å². The number of piperazine rings is 1. The summed E-state index contributed by atoms with van der Waals surface area (Å²) in [6.07, 6.45) is 2.92. The highest BCUT2D eigenvalue weighted by molar-refractivity contribution is 7.89. The van der Waals surface area contributed by atoms with Gasteiger partial charge in [0.1, 0.15) is 4.90 Å². The molecule has 1 aromatic carbocycles. The minimum Gasteiger partial charge on any atom is -0.282 e. The first kappa shape index (κ1) is 20.9. The van der Waals surface area contributed by atoms with Gasteiger partial charge in [0, 0.05) is 45.6 Å². The second-order valence-corrected chi connectivity index (χ2v) is 9.95. The number of aromatic nitrogens is 5. The molecule has 0 spiro atoms. The van der Waals surface area contributed by atoms with E-state index in [0.717, 1.165) is 0 Å². The SMILES string of the molecule is Cn1c(=O)c2ccccc2n2c(=S)n(CN3CCN(S(=O)(=O)c4cccnc4)CC3)nc12. The number of aryl methyl sites for hydroxylation is 1. The fourth-order valence-electron chi connectivity index (χ4n) is 3.99. The van der Waals surface area contributed by atoms with Crippen molar-refractivity contribution >= 4 is 38.9 Å². The molecule has 0 unspecified atom stereocenters. The third-order valence-corrected chi connectivity index (χ3v) is 8.02. The molecule has 0 aliphatic carbocycles. The number of hydrogen-bond donors (Lipinski definition) is 0. The molecule has 3 aromatic heterocycles. The van der Waals surface area contributed by atoms with Gasteiger partial charge in [0.05, 0.1) is 17.6 Å². The molecule has 10 nitrogen and oxygen atoms in total. The Hall–Kier alpha value is -2.93. The lowest BCUT2D eigenvalue weighted by atomic mass is 10.2. The smallest absolute Gasteiger partial charge is 0.262 e. The quantitative estimate of drug-likeness (QED) is 0.411. The Morgan fingerprint density at radius 2 is 1.81 bits per heavy atom. The third kappa shape index (κ3) is 3.35. The lowest BCUT2D eigenvalue weighted by Crippen LogP contribution is -2.48. The number of para-hydroxylation sites is 1. The zero-order chi connectivity index (χ0) is 22.5. The second kappa shape index (κ2) is 7.89. The van der Waals surface area contributed by atoms with Crippen molar-refractivity contribution in [3.05, 3.63) is 63.9 Å². The zero-order valence-electron chi connectivity index (χ0n) is 17.3. The van der Waals surface area contributed by atoms with Crippen molar-refractivity contribution < 1.29 is 8.42 Å². The lowest BCUT2D eigenvalue weighted by molar-refractivity contribution is 0.145. The minimum absolute atomic E-state index is 0.130. The molecule has 0 N–H and O–H groups in total. The first-order valence-electron chi connectivity index (χ1n) is 10.1. The van der Waals surface area contributed by atoms with Gasteiger partial charge in [-0.3, -0.25) is 23.6 Å². The highest BCUT2D eigenvalue weighted by Gasteiger charge is 2.29. The maximum absolute atomic E-state index is 12.8. The third-order valence-electron chi connectivity index (χ3n) is 5.74. The lowest BCUT2D eigenvalue weighted by Gasteiger charge is -2.33. The van der Waals surface area contributed by atoms with Gasteiger partial charge in [-0.15, -0.1) is 5.10 Å². The Morgan fingerprint density at radius 3 is 2.53 bits per heavy atom. The number of hydrogen-bond acceptors (Lipinski definition) is 7. The Bertz CT molecular complexity index is 1530. The van der Waals surface area contributed by atoms with Crippen molar-refractivity contribution in [2.24, 2.45) is 7.05 Å². The van der Waals surface area contributed by atoms with Crippen LogP contribution in [0.4, 0.5) is 0 Å². The van der Waals surface area contributed by atoms with Crippen molar-refractivity contribution in [3.63, 3.8) is 0 Å². The number of fused-ring (bicyclic) bond motifs is 3. The molecule has 4 aromatic rings. The molecule has 1 saturated heterocycles. The molecule has 1 aliphatic heterocycles. The summed E-state index contributed by atoms with van der Waals surface area (Å²) in [5, 5.41) is 5.17. The summed E-state index contributed by atoms with van der Waals surface area (Å²) in [5.41, 5.74) is 0.587. The molecule has 0 radical (unpaired) electrons. The van der Waals surface area contributed by atoms with Gasteiger partial charge in [-0.2, -0.15) is 4.31 Å². The Balaban J connectivity index is 1.40. The highest BCUT2D eigenvalue weighted by atomic mass is 32.2. The van der Waals surface area contributed by atoms with Gasteiger partial charge in [-0.25, -0.2) is 13.1 Å². The van der Waals surface area contributed by atoms with E-state index in [1.165, 1.54) is 15.1 Å². The summed E-state index contributed by atoms with van der Waals surface area (Å²) < 4.78 is 32.6. The topological polar surface area (TPSA) is 97.7 Å². The van der Waals surface area contributed by atoms with E-state index in [-0.39, 0.29) is 10.5 Å². The predicted octanol–water partition coefficient (Wildman–Crippen LogP) is 1.08. The zero-order valence-corrected chi connectivity index (χ0v) is 19.0. The van der Waals surface area contributed by atoms with E-state index in [1.807, 2.05) is 18.2 Å². The van der Waals surface area contributed by atoms with Crippen molar-refractivity contribution in [1.29, 1.82) is 0 Å². The van der Waals surface area contributed by atoms with Crippen LogP contribution in [0.15, 0.2) is 58.5 Å². The molecule has 12 heteroatoms. The van der Waals surface area contributed by atoms with Crippen LogP contribution < -0.4 is 5.56 Å². The number of nitrogens with zero attached hydrogens (tertiary/aromatic N) is 7. The molecular weight excluding hydrogens is 450 g/mol. The number of benzene rings is 1. The van der Waals surface area contributed by atoms with Crippen LogP contribution in [0.2, 0.25) is 0 Å². The van der Waals surface area contributed by atoms with Crippen molar-refractivity contribution in [2.45, 2.75) is 11.6 Å². The molecule has 1 fully saturated rings. The van der Waals surface area contributed by atoms with E-state index in [1.54, 1.807) is 40.5 Å². The summed E-state index contributed by atoms with van der Waals surface area (Å²) >= 11 is 5.68. The van der Waals surface area contributed by atoms with Crippen LogP contribution in [0.25, 0.3) is 16.7 Å². The van der Waals surface area contributed by atoms with Gasteiger partial charge < -0.3 is 0 Å². The second-order valence-electron chi connectivity index (χ2n) is 7.65. The molecule has 1 aliphatic rings. The van der Waals surface area contributed by atoms with E-state index in [2.05, 4.69) is 15.0 Å². The monoisotopic (exact) mass is 471 g/mol. The Labute approximate surface area is 189 Å². The van der Waals surface area contributed by atoms with Crippen LogP contribution in [0.1, 0.15) is 0 Å². The molecular formula is C20H21N7O3S2. The largest absolute Gasteiger partial charge is 0.282 e. The summed E-state index contributed by atoms with van der Waals surface area (Å²) in [6.45, 7) is 2.20. The average molecular weight is 472 g/mol. The van der Waals surface area contributed by atoms with E-state index in [9.17, 15) is 13.2 Å². The van der Waals surface area contributed by atoms with E-state index >= 15 is 0 Å². The maximum atomic E-state index is 12.8. The molecule has 0 amide bonds. The molecule has 32 heavy (non-hydrogen) atoms. The van der Waals surface area contributed by atoms with Gasteiger partial charge >= 0.3 is 0 Å². The molecule has 0 saturated carbocycles. The predicted molar refractivity (Wildman–Crippen MR) is 121 cm³/mol. The standard InChI is InChI=1S/C20H21N7O3S2/c1-23-18(28)16-6-2-3-7-17(16)27-19(23)22-26(20(27)31)14-24-9-11-25(12-10-24)32(29,30)15-5-4-8-21-13-15/h2-8,13H,9-12,14H2,1H3. The highest BCUT2D eigenvalue weighted by Crippen LogP contribution is 2.18. The number of sulfonamides is 1. The average Bonchev–Trinajstić information content (AvgIpc) is 3.14. The molecule has 0 bridgehead atoms.